The molecule has 0 radical (unpaired) electrons. The Labute approximate surface area is 152 Å². The first kappa shape index (κ1) is 18.1. The molecule has 7 nitrogen and oxygen atoms in total. The van der Waals surface area contributed by atoms with E-state index in [1.54, 1.807) is 26.5 Å². The number of imidazole rings is 1. The van der Waals surface area contributed by atoms with Crippen LogP contribution in [0.3, 0.4) is 0 Å². The van der Waals surface area contributed by atoms with Gasteiger partial charge in [-0.1, -0.05) is 30.3 Å². The molecule has 1 fully saturated rings. The SMILES string of the molecule is CN1[C@H](c2ccccc2)[C@H](C(=O)NCCc2cnc[nH]2)C[C@]1(C)C(=O)O. The maximum absolute atomic E-state index is 12.9. The zero-order chi connectivity index (χ0) is 18.7. The van der Waals surface area contributed by atoms with Gasteiger partial charge >= 0.3 is 5.97 Å². The normalized spacial score (nSPS) is 25.9. The van der Waals surface area contributed by atoms with Gasteiger partial charge in [0.1, 0.15) is 5.54 Å². The summed E-state index contributed by atoms with van der Waals surface area (Å²) in [5.74, 6) is -1.45. The minimum atomic E-state index is -1.08. The summed E-state index contributed by atoms with van der Waals surface area (Å²) in [6.07, 6.45) is 4.26. The minimum Gasteiger partial charge on any atom is -0.480 e. The fraction of sp³-hybridized carbons (Fsp3) is 0.421. The lowest BCUT2D eigenvalue weighted by Crippen LogP contribution is -2.46. The van der Waals surface area contributed by atoms with Gasteiger partial charge in [0.15, 0.2) is 0 Å². The minimum absolute atomic E-state index is 0.116. The van der Waals surface area contributed by atoms with E-state index >= 15 is 0 Å². The Morgan fingerprint density at radius 1 is 1.38 bits per heavy atom. The number of rotatable bonds is 6. The predicted octanol–water partition coefficient (Wildman–Crippen LogP) is 1.60. The summed E-state index contributed by atoms with van der Waals surface area (Å²) in [5.41, 5.74) is 0.823. The van der Waals surface area contributed by atoms with Gasteiger partial charge < -0.3 is 15.4 Å². The standard InChI is InChI=1S/C19H24N4O3/c1-19(18(25)26)10-15(16(23(19)2)13-6-4-3-5-7-13)17(24)21-9-8-14-11-20-12-22-14/h3-7,11-12,15-16H,8-10H2,1-2H3,(H,20,22)(H,21,24)(H,25,26)/t15-,16-,19-/m1/s1. The van der Waals surface area contributed by atoms with E-state index in [1.165, 1.54) is 0 Å². The second kappa shape index (κ2) is 7.29. The number of aromatic nitrogens is 2. The first-order valence-corrected chi connectivity index (χ1v) is 8.69. The number of nitrogens with one attached hydrogen (secondary N) is 2. The molecule has 1 saturated heterocycles. The van der Waals surface area contributed by atoms with Gasteiger partial charge in [-0.3, -0.25) is 14.5 Å². The van der Waals surface area contributed by atoms with E-state index in [1.807, 2.05) is 35.2 Å². The lowest BCUT2D eigenvalue weighted by atomic mass is 9.89. The van der Waals surface area contributed by atoms with Gasteiger partial charge in [-0.15, -0.1) is 0 Å². The summed E-state index contributed by atoms with van der Waals surface area (Å²) in [5, 5.41) is 12.7. The van der Waals surface area contributed by atoms with Crippen LogP contribution in [0.15, 0.2) is 42.9 Å². The average Bonchev–Trinajstić information content (AvgIpc) is 3.23. The third kappa shape index (κ3) is 3.35. The van der Waals surface area contributed by atoms with Gasteiger partial charge in [-0.25, -0.2) is 4.98 Å². The number of carboxylic acids is 1. The molecule has 0 unspecified atom stereocenters. The Kier molecular flexibility index (Phi) is 5.08. The number of aliphatic carboxylic acids is 1. The highest BCUT2D eigenvalue weighted by molar-refractivity contribution is 5.85. The van der Waals surface area contributed by atoms with Crippen LogP contribution in [0.1, 0.15) is 30.6 Å². The zero-order valence-electron chi connectivity index (χ0n) is 15.0. The number of likely N-dealkylation sites (N-methyl/N-ethyl adjacent to an activating group) is 1. The number of carbonyl (C=O) groups is 2. The quantitative estimate of drug-likeness (QED) is 0.730. The van der Waals surface area contributed by atoms with E-state index in [4.69, 9.17) is 0 Å². The molecule has 2 aromatic rings. The summed E-state index contributed by atoms with van der Waals surface area (Å²) in [6, 6.07) is 9.34. The molecule has 7 heteroatoms. The van der Waals surface area contributed by atoms with Crippen molar-refractivity contribution < 1.29 is 14.7 Å². The first-order valence-electron chi connectivity index (χ1n) is 8.69. The molecule has 1 aliphatic heterocycles. The Morgan fingerprint density at radius 3 is 2.73 bits per heavy atom. The zero-order valence-corrected chi connectivity index (χ0v) is 15.0. The largest absolute Gasteiger partial charge is 0.480 e. The number of hydrogen-bond donors (Lipinski definition) is 3. The highest BCUT2D eigenvalue weighted by Gasteiger charge is 2.54. The van der Waals surface area contributed by atoms with Crippen molar-refractivity contribution >= 4 is 11.9 Å². The molecule has 1 aromatic heterocycles. The monoisotopic (exact) mass is 356 g/mol. The van der Waals surface area contributed by atoms with E-state index in [2.05, 4.69) is 15.3 Å². The van der Waals surface area contributed by atoms with E-state index in [-0.39, 0.29) is 18.4 Å². The van der Waals surface area contributed by atoms with Gasteiger partial charge in [0.25, 0.3) is 0 Å². The molecule has 0 saturated carbocycles. The van der Waals surface area contributed by atoms with Crippen LogP contribution in [0.4, 0.5) is 0 Å². The highest BCUT2D eigenvalue weighted by Crippen LogP contribution is 2.45. The maximum Gasteiger partial charge on any atom is 0.323 e. The summed E-state index contributed by atoms with van der Waals surface area (Å²) in [7, 11) is 1.78. The number of nitrogens with zero attached hydrogens (tertiary/aromatic N) is 2. The van der Waals surface area contributed by atoms with Crippen LogP contribution in [-0.2, 0) is 16.0 Å². The number of hydrogen-bond acceptors (Lipinski definition) is 4. The third-order valence-electron chi connectivity index (χ3n) is 5.38. The van der Waals surface area contributed by atoms with Crippen LogP contribution < -0.4 is 5.32 Å². The Hall–Kier alpha value is -2.67. The second-order valence-electron chi connectivity index (χ2n) is 6.97. The molecular weight excluding hydrogens is 332 g/mol. The Balaban J connectivity index is 1.77. The number of likely N-dealkylation sites (tertiary alicyclic amines) is 1. The fourth-order valence-corrected chi connectivity index (χ4v) is 3.71. The van der Waals surface area contributed by atoms with Crippen molar-refractivity contribution in [2.24, 2.45) is 5.92 Å². The summed E-state index contributed by atoms with van der Waals surface area (Å²) in [6.45, 7) is 2.16. The predicted molar refractivity (Wildman–Crippen MR) is 96.4 cm³/mol. The number of carboxylic acid groups (broad SMARTS) is 1. The molecule has 3 rings (SSSR count). The second-order valence-corrected chi connectivity index (χ2v) is 6.97. The maximum atomic E-state index is 12.9. The number of H-pyrrole nitrogens is 1. The molecule has 1 aliphatic rings. The summed E-state index contributed by atoms with van der Waals surface area (Å²) >= 11 is 0. The number of carbonyl (C=O) groups excluding carboxylic acids is 1. The van der Waals surface area contributed by atoms with Crippen LogP contribution in [-0.4, -0.2) is 51.0 Å². The Bertz CT molecular complexity index is 762. The van der Waals surface area contributed by atoms with Crippen molar-refractivity contribution in [3.63, 3.8) is 0 Å². The molecule has 3 N–H and O–H groups in total. The summed E-state index contributed by atoms with van der Waals surface area (Å²) < 4.78 is 0. The van der Waals surface area contributed by atoms with Crippen LogP contribution >= 0.6 is 0 Å². The van der Waals surface area contributed by atoms with E-state index < -0.39 is 17.4 Å². The van der Waals surface area contributed by atoms with Gasteiger partial charge in [0.05, 0.1) is 12.2 Å². The fourth-order valence-electron chi connectivity index (χ4n) is 3.71. The average molecular weight is 356 g/mol. The lowest BCUT2D eigenvalue weighted by Gasteiger charge is -2.32. The number of aromatic amines is 1. The van der Waals surface area contributed by atoms with Gasteiger partial charge in [-0.05, 0) is 26.0 Å². The molecule has 0 bridgehead atoms. The topological polar surface area (TPSA) is 98.3 Å². The van der Waals surface area contributed by atoms with Gasteiger partial charge in [0, 0.05) is 30.9 Å². The molecule has 2 heterocycles. The molecule has 1 amide bonds. The van der Waals surface area contributed by atoms with Crippen LogP contribution in [0.2, 0.25) is 0 Å². The molecule has 3 atom stereocenters. The van der Waals surface area contributed by atoms with Crippen molar-refractivity contribution in [3.05, 3.63) is 54.1 Å². The van der Waals surface area contributed by atoms with Gasteiger partial charge in [0.2, 0.25) is 5.91 Å². The number of benzene rings is 1. The van der Waals surface area contributed by atoms with Crippen molar-refractivity contribution in [2.45, 2.75) is 31.3 Å². The molecule has 138 valence electrons. The molecule has 0 spiro atoms. The first-order chi connectivity index (χ1) is 12.4. The molecule has 26 heavy (non-hydrogen) atoms. The van der Waals surface area contributed by atoms with Crippen molar-refractivity contribution in [1.29, 1.82) is 0 Å². The highest BCUT2D eigenvalue weighted by atomic mass is 16.4. The van der Waals surface area contributed by atoms with E-state index in [0.717, 1.165) is 11.3 Å². The van der Waals surface area contributed by atoms with E-state index in [9.17, 15) is 14.7 Å². The summed E-state index contributed by atoms with van der Waals surface area (Å²) in [4.78, 5) is 33.5. The molecule has 1 aromatic carbocycles. The van der Waals surface area contributed by atoms with Crippen LogP contribution in [0, 0.1) is 5.92 Å². The number of amides is 1. The van der Waals surface area contributed by atoms with Crippen molar-refractivity contribution in [2.75, 3.05) is 13.6 Å². The smallest absolute Gasteiger partial charge is 0.323 e. The third-order valence-corrected chi connectivity index (χ3v) is 5.38. The van der Waals surface area contributed by atoms with Crippen molar-refractivity contribution in [1.82, 2.24) is 20.2 Å². The molecular formula is C19H24N4O3. The van der Waals surface area contributed by atoms with E-state index in [0.29, 0.717) is 13.0 Å². The van der Waals surface area contributed by atoms with Gasteiger partial charge in [-0.2, -0.15) is 0 Å². The van der Waals surface area contributed by atoms with Crippen molar-refractivity contribution in [3.8, 4) is 0 Å². The Morgan fingerprint density at radius 2 is 2.12 bits per heavy atom. The molecule has 0 aliphatic carbocycles. The van der Waals surface area contributed by atoms with Crippen LogP contribution in [0.25, 0.3) is 0 Å². The van der Waals surface area contributed by atoms with Crippen LogP contribution in [0.5, 0.6) is 0 Å². The lowest BCUT2D eigenvalue weighted by molar-refractivity contribution is -0.148.